The summed E-state index contributed by atoms with van der Waals surface area (Å²) >= 11 is 0. The normalized spacial score (nSPS) is 15.9. The Labute approximate surface area is 194 Å². The summed E-state index contributed by atoms with van der Waals surface area (Å²) < 4.78 is 47.0. The van der Waals surface area contributed by atoms with E-state index < -0.39 is 12.1 Å². The van der Waals surface area contributed by atoms with Crippen LogP contribution in [0.5, 0.6) is 0 Å². The van der Waals surface area contributed by atoms with E-state index in [9.17, 15) is 22.4 Å². The summed E-state index contributed by atoms with van der Waals surface area (Å²) in [7, 11) is 2.12. The number of carboxylic acid groups (broad SMARTS) is 1. The van der Waals surface area contributed by atoms with E-state index in [4.69, 9.17) is 9.90 Å². The molecule has 2 aromatic carbocycles. The maximum atomic E-state index is 13.3. The van der Waals surface area contributed by atoms with Gasteiger partial charge in [-0.2, -0.15) is 13.2 Å². The fraction of sp³-hybridized carbons (Fsp3) is 0.333. The Morgan fingerprint density at radius 1 is 1.12 bits per heavy atom. The minimum Gasteiger partial charge on any atom is -0.475 e. The van der Waals surface area contributed by atoms with Gasteiger partial charge in [0.2, 0.25) is 5.91 Å². The Morgan fingerprint density at radius 2 is 1.79 bits per heavy atom. The summed E-state index contributed by atoms with van der Waals surface area (Å²) in [5.41, 5.74) is 2.18. The van der Waals surface area contributed by atoms with Crippen molar-refractivity contribution in [3.8, 4) is 0 Å². The first-order valence-corrected chi connectivity index (χ1v) is 10.6. The van der Waals surface area contributed by atoms with E-state index in [1.807, 2.05) is 27.8 Å². The largest absolute Gasteiger partial charge is 0.490 e. The molecule has 1 fully saturated rings. The van der Waals surface area contributed by atoms with Crippen molar-refractivity contribution in [3.63, 3.8) is 0 Å². The first-order valence-electron chi connectivity index (χ1n) is 10.6. The molecule has 6 nitrogen and oxygen atoms in total. The molecule has 1 amide bonds. The van der Waals surface area contributed by atoms with Gasteiger partial charge in [0.1, 0.15) is 12.4 Å². The molecule has 4 rings (SSSR count). The number of fused-ring (bicyclic) bond motifs is 1. The number of halogens is 4. The minimum absolute atomic E-state index is 0.118. The lowest BCUT2D eigenvalue weighted by Gasteiger charge is -2.25. The van der Waals surface area contributed by atoms with E-state index >= 15 is 0 Å². The molecule has 34 heavy (non-hydrogen) atoms. The zero-order valence-corrected chi connectivity index (χ0v) is 18.5. The lowest BCUT2D eigenvalue weighted by molar-refractivity contribution is -0.192. The SMILES string of the molecule is CN(Cc1ccccc1)C1CCN(C(=O)Cn2ccc3cc(F)ccc32)C1.O=C(O)C(F)(F)F. The number of hydrogen-bond donors (Lipinski definition) is 1. The summed E-state index contributed by atoms with van der Waals surface area (Å²) in [4.78, 5) is 25.9. The molecule has 0 radical (unpaired) electrons. The molecule has 1 aliphatic heterocycles. The van der Waals surface area contributed by atoms with Gasteiger partial charge in [-0.1, -0.05) is 30.3 Å². The molecule has 0 saturated carbocycles. The van der Waals surface area contributed by atoms with Crippen LogP contribution in [0.1, 0.15) is 12.0 Å². The van der Waals surface area contributed by atoms with E-state index in [0.717, 1.165) is 37.0 Å². The van der Waals surface area contributed by atoms with Crippen LogP contribution in [0.25, 0.3) is 10.9 Å². The second kappa shape index (κ2) is 10.7. The van der Waals surface area contributed by atoms with E-state index in [1.54, 1.807) is 6.07 Å². The predicted octanol–water partition coefficient (Wildman–Crippen LogP) is 4.15. The van der Waals surface area contributed by atoms with E-state index in [1.165, 1.54) is 17.7 Å². The van der Waals surface area contributed by atoms with E-state index in [0.29, 0.717) is 12.6 Å². The monoisotopic (exact) mass is 479 g/mol. The summed E-state index contributed by atoms with van der Waals surface area (Å²) in [6.45, 7) is 2.73. The van der Waals surface area contributed by atoms with Crippen LogP contribution in [0.4, 0.5) is 17.6 Å². The fourth-order valence-electron chi connectivity index (χ4n) is 3.88. The molecule has 10 heteroatoms. The Hall–Kier alpha value is -3.40. The summed E-state index contributed by atoms with van der Waals surface area (Å²) in [5, 5.41) is 7.95. The van der Waals surface area contributed by atoms with Crippen molar-refractivity contribution < 1.29 is 32.3 Å². The number of likely N-dealkylation sites (tertiary alicyclic amines) is 1. The van der Waals surface area contributed by atoms with Crippen molar-refractivity contribution >= 4 is 22.8 Å². The zero-order valence-electron chi connectivity index (χ0n) is 18.5. The molecular weight excluding hydrogens is 454 g/mol. The Balaban J connectivity index is 0.000000406. The van der Waals surface area contributed by atoms with Crippen molar-refractivity contribution in [2.24, 2.45) is 0 Å². The number of aliphatic carboxylic acids is 1. The number of hydrogen-bond acceptors (Lipinski definition) is 3. The highest BCUT2D eigenvalue weighted by Gasteiger charge is 2.38. The average molecular weight is 479 g/mol. The smallest absolute Gasteiger partial charge is 0.475 e. The summed E-state index contributed by atoms with van der Waals surface area (Å²) in [6, 6.07) is 17.3. The van der Waals surface area contributed by atoms with Gasteiger partial charge in [-0.05, 0) is 43.3 Å². The number of carbonyl (C=O) groups is 2. The van der Waals surface area contributed by atoms with Crippen LogP contribution in [0.15, 0.2) is 60.8 Å². The van der Waals surface area contributed by atoms with Gasteiger partial charge < -0.3 is 14.6 Å². The molecule has 0 bridgehead atoms. The molecule has 0 spiro atoms. The van der Waals surface area contributed by atoms with E-state index in [2.05, 4.69) is 36.2 Å². The molecule has 0 aliphatic carbocycles. The molecule has 1 aliphatic rings. The Morgan fingerprint density at radius 3 is 2.44 bits per heavy atom. The number of nitrogens with zero attached hydrogens (tertiary/aromatic N) is 3. The highest BCUT2D eigenvalue weighted by Crippen LogP contribution is 2.20. The third kappa shape index (κ3) is 6.57. The molecular formula is C24H25F4N3O3. The maximum absolute atomic E-state index is 13.3. The van der Waals surface area contributed by atoms with Crippen LogP contribution in [-0.2, 0) is 22.7 Å². The van der Waals surface area contributed by atoms with Gasteiger partial charge in [0.15, 0.2) is 0 Å². The number of alkyl halides is 3. The molecule has 1 aromatic heterocycles. The molecule has 1 atom stereocenters. The predicted molar refractivity (Wildman–Crippen MR) is 118 cm³/mol. The molecule has 2 heterocycles. The average Bonchev–Trinajstić information content (AvgIpc) is 3.42. The number of carboxylic acids is 1. The maximum Gasteiger partial charge on any atom is 0.490 e. The van der Waals surface area contributed by atoms with Gasteiger partial charge in [0, 0.05) is 42.8 Å². The zero-order chi connectivity index (χ0) is 24.9. The number of rotatable bonds is 5. The number of aromatic nitrogens is 1. The van der Waals surface area contributed by atoms with Crippen LogP contribution >= 0.6 is 0 Å². The molecule has 3 aromatic rings. The number of carbonyl (C=O) groups excluding carboxylic acids is 1. The van der Waals surface area contributed by atoms with Crippen LogP contribution in [0.3, 0.4) is 0 Å². The quantitative estimate of drug-likeness (QED) is 0.559. The second-order valence-corrected chi connectivity index (χ2v) is 8.13. The molecule has 1 N–H and O–H groups in total. The number of benzene rings is 2. The third-order valence-electron chi connectivity index (χ3n) is 5.70. The lowest BCUT2D eigenvalue weighted by Crippen LogP contribution is -2.37. The van der Waals surface area contributed by atoms with Crippen LogP contribution < -0.4 is 0 Å². The van der Waals surface area contributed by atoms with Gasteiger partial charge in [0.05, 0.1) is 0 Å². The summed E-state index contributed by atoms with van der Waals surface area (Å²) in [6.07, 6.45) is -2.23. The molecule has 1 unspecified atom stereocenters. The number of likely N-dealkylation sites (N-methyl/N-ethyl adjacent to an activating group) is 1. The highest BCUT2D eigenvalue weighted by molar-refractivity contribution is 5.83. The first-order chi connectivity index (χ1) is 16.0. The van der Waals surface area contributed by atoms with Gasteiger partial charge in [-0.3, -0.25) is 9.69 Å². The number of amides is 1. The minimum atomic E-state index is -5.08. The van der Waals surface area contributed by atoms with Crippen molar-refractivity contribution in [1.29, 1.82) is 0 Å². The third-order valence-corrected chi connectivity index (χ3v) is 5.70. The van der Waals surface area contributed by atoms with Crippen LogP contribution in [0.2, 0.25) is 0 Å². The van der Waals surface area contributed by atoms with Crippen LogP contribution in [0, 0.1) is 5.82 Å². The first kappa shape index (κ1) is 25.2. The van der Waals surface area contributed by atoms with E-state index in [-0.39, 0.29) is 11.7 Å². The van der Waals surface area contributed by atoms with Crippen molar-refractivity contribution in [3.05, 3.63) is 72.2 Å². The van der Waals surface area contributed by atoms with Gasteiger partial charge in [-0.15, -0.1) is 0 Å². The summed E-state index contributed by atoms with van der Waals surface area (Å²) in [5.74, 6) is -2.89. The standard InChI is InChI=1S/C22H24FN3O.C2HF3O2/c1-24(14-17-5-3-2-4-6-17)20-10-12-26(15-20)22(27)16-25-11-9-18-13-19(23)7-8-21(18)25;3-2(4,5)1(6)7/h2-9,11,13,20H,10,12,14-16H2,1H3;(H,6,7). The fourth-order valence-corrected chi connectivity index (χ4v) is 3.88. The lowest BCUT2D eigenvalue weighted by atomic mass is 10.1. The van der Waals surface area contributed by atoms with Gasteiger partial charge >= 0.3 is 12.1 Å². The highest BCUT2D eigenvalue weighted by atomic mass is 19.4. The molecule has 1 saturated heterocycles. The molecule has 182 valence electrons. The van der Waals surface area contributed by atoms with Crippen LogP contribution in [-0.4, -0.2) is 63.7 Å². The van der Waals surface area contributed by atoms with Gasteiger partial charge in [0.25, 0.3) is 0 Å². The van der Waals surface area contributed by atoms with Crippen molar-refractivity contribution in [2.75, 3.05) is 20.1 Å². The van der Waals surface area contributed by atoms with Crippen molar-refractivity contribution in [1.82, 2.24) is 14.4 Å². The Bertz CT molecular complexity index is 1130. The van der Waals surface area contributed by atoms with Gasteiger partial charge in [-0.25, -0.2) is 9.18 Å². The topological polar surface area (TPSA) is 65.8 Å². The Kier molecular flexibility index (Phi) is 7.93. The second-order valence-electron chi connectivity index (χ2n) is 8.13. The van der Waals surface area contributed by atoms with Crippen molar-refractivity contribution in [2.45, 2.75) is 31.7 Å².